The standard InChI is InChI=1S/Gd.2NO3.HNO2/c;2*2-1(3)4;2-1-3/h;;;(H,2,3)/q+2;2*-1;/p-1. The summed E-state index contributed by atoms with van der Waals surface area (Å²) < 4.78 is 0. The summed E-state index contributed by atoms with van der Waals surface area (Å²) in [7, 11) is 0. The molecule has 0 aliphatic heterocycles. The quantitative estimate of drug-likeness (QED) is 0.331. The van der Waals surface area contributed by atoms with Gasteiger partial charge in [0.25, 0.3) is 0 Å². The van der Waals surface area contributed by atoms with Crippen molar-refractivity contribution in [3.8, 4) is 0 Å². The number of hydrogen-bond acceptors (Lipinski definition) is 9. The second-order valence-corrected chi connectivity index (χ2v) is 0.522. The molecule has 0 radical (unpaired) electrons. The summed E-state index contributed by atoms with van der Waals surface area (Å²) in [6, 6.07) is 0. The summed E-state index contributed by atoms with van der Waals surface area (Å²) in [6.07, 6.45) is 0. The van der Waals surface area contributed by atoms with E-state index in [2.05, 4.69) is 0 Å². The van der Waals surface area contributed by atoms with Crippen LogP contribution in [0.1, 0.15) is 0 Å². The fraction of sp³-hybridized carbons (Fsp3) is 0. The van der Waals surface area contributed by atoms with Gasteiger partial charge in [0.15, 0.2) is 0 Å². The summed E-state index contributed by atoms with van der Waals surface area (Å²) in [4.78, 5) is 24.5. The van der Waals surface area contributed by atoms with Crippen molar-refractivity contribution in [2.45, 2.75) is 0 Å². The molecule has 0 aromatic heterocycles. The van der Waals surface area contributed by atoms with Crippen LogP contribution in [-0.4, -0.2) is 10.2 Å². The second-order valence-electron chi connectivity index (χ2n) is 0.522. The predicted molar refractivity (Wildman–Crippen MR) is 29.9 cm³/mol. The zero-order chi connectivity index (χ0) is 9.86. The molecular weight excluding hydrogens is 327 g/mol. The molecule has 12 heavy (non-hydrogen) atoms. The first-order valence-corrected chi connectivity index (χ1v) is 1.46. The Balaban J connectivity index is -0.0000000389. The first kappa shape index (κ1) is 22.5. The van der Waals surface area contributed by atoms with Gasteiger partial charge in [-0.05, 0) is 0 Å². The van der Waals surface area contributed by atoms with E-state index in [1.165, 1.54) is 0 Å². The molecule has 0 heterocycles. The van der Waals surface area contributed by atoms with Crippen LogP contribution < -0.4 is 0 Å². The van der Waals surface area contributed by atoms with E-state index >= 15 is 0 Å². The fourth-order valence-electron chi connectivity index (χ4n) is 0. The summed E-state index contributed by atoms with van der Waals surface area (Å²) in [5.41, 5.74) is 0. The smallest absolute Gasteiger partial charge is 0.444 e. The molecule has 0 saturated heterocycles. The summed E-state index contributed by atoms with van der Waals surface area (Å²) in [5, 5.41) is 38.5. The van der Waals surface area contributed by atoms with Crippen LogP contribution in [0.15, 0.2) is 5.34 Å². The van der Waals surface area contributed by atoms with Gasteiger partial charge in [0.2, 0.25) is 0 Å². The van der Waals surface area contributed by atoms with Crippen molar-refractivity contribution in [1.82, 2.24) is 0 Å². The van der Waals surface area contributed by atoms with Crippen LogP contribution in [0.2, 0.25) is 0 Å². The van der Waals surface area contributed by atoms with Gasteiger partial charge in [-0.3, -0.25) is 0 Å². The molecule has 0 aliphatic carbocycles. The Kier molecular flexibility index (Phi) is 42.1. The molecule has 0 N–H and O–H groups in total. The Morgan fingerprint density at radius 3 is 0.917 bits per heavy atom. The molecule has 0 rings (SSSR count). The van der Waals surface area contributed by atoms with Crippen molar-refractivity contribution in [3.05, 3.63) is 40.8 Å². The maximum absolute atomic E-state index is 8.25. The topological polar surface area (TPSA) is 185 Å². The number of rotatable bonds is 0. The molecule has 0 saturated carbocycles. The van der Waals surface area contributed by atoms with Crippen LogP contribution >= 0.6 is 0 Å². The molecule has 11 nitrogen and oxygen atoms in total. The third kappa shape index (κ3) is 786. The Morgan fingerprint density at radius 1 is 0.917 bits per heavy atom. The Labute approximate surface area is 95.8 Å². The Bertz CT molecular complexity index is 101. The molecule has 12 heteroatoms. The molecule has 0 aromatic carbocycles. The van der Waals surface area contributed by atoms with Crippen LogP contribution in [0.5, 0.6) is 0 Å². The van der Waals surface area contributed by atoms with Gasteiger partial charge in [-0.25, -0.2) is 0 Å². The van der Waals surface area contributed by atoms with E-state index in [0.717, 1.165) is 5.34 Å². The molecule has 0 amide bonds. The Hall–Kier alpha value is -0.875. The van der Waals surface area contributed by atoms with Crippen molar-refractivity contribution in [3.63, 3.8) is 0 Å². The van der Waals surface area contributed by atoms with Gasteiger partial charge < -0.3 is 40.8 Å². The minimum atomic E-state index is -1.75. The van der Waals surface area contributed by atoms with Gasteiger partial charge in [-0.1, -0.05) is 0 Å². The maximum atomic E-state index is 8.25. The molecule has 0 fully saturated rings. The van der Waals surface area contributed by atoms with Crippen LogP contribution in [0, 0.1) is 80.7 Å². The molecular formula is GdN3O8-. The van der Waals surface area contributed by atoms with Gasteiger partial charge in [-0.2, -0.15) is 0 Å². The molecule has 0 aromatic rings. The minimum Gasteiger partial charge on any atom is -0.444 e. The van der Waals surface area contributed by atoms with Crippen LogP contribution in [0.25, 0.3) is 0 Å². The molecule has 72 valence electrons. The third-order valence-corrected chi connectivity index (χ3v) is 0. The van der Waals surface area contributed by atoms with Gasteiger partial charge in [0.05, 0.1) is 10.2 Å². The number of nitrogens with zero attached hydrogens (tertiary/aromatic N) is 3. The van der Waals surface area contributed by atoms with Gasteiger partial charge in [0.1, 0.15) is 0 Å². The van der Waals surface area contributed by atoms with Crippen molar-refractivity contribution in [2.75, 3.05) is 0 Å². The SMILES string of the molecule is O=N[O-].O=[N+]([O-])[O-].O=[N+]([O-])[O-].[Gd+2]. The average Bonchev–Trinajstić information content (AvgIpc) is 1.60. The third-order valence-electron chi connectivity index (χ3n) is 0. The van der Waals surface area contributed by atoms with E-state index < -0.39 is 10.2 Å². The zero-order valence-electron chi connectivity index (χ0n) is 4.96. The van der Waals surface area contributed by atoms with E-state index in [4.69, 9.17) is 40.8 Å². The van der Waals surface area contributed by atoms with Crippen molar-refractivity contribution >= 4 is 0 Å². The first-order valence-electron chi connectivity index (χ1n) is 1.46. The molecule has 0 aliphatic rings. The predicted octanol–water partition coefficient (Wildman–Crippen LogP) is -0.228. The van der Waals surface area contributed by atoms with E-state index in [1.54, 1.807) is 0 Å². The van der Waals surface area contributed by atoms with E-state index in [-0.39, 0.29) is 39.9 Å². The van der Waals surface area contributed by atoms with Crippen LogP contribution in [0.3, 0.4) is 0 Å². The monoisotopic (exact) mass is 328 g/mol. The Morgan fingerprint density at radius 2 is 0.917 bits per heavy atom. The largest absolute Gasteiger partial charge is 2.00 e. The van der Waals surface area contributed by atoms with Crippen LogP contribution in [0.4, 0.5) is 0 Å². The normalized spacial score (nSPS) is 5.00. The maximum Gasteiger partial charge on any atom is 2.00 e. The summed E-state index contributed by atoms with van der Waals surface area (Å²) in [5.74, 6) is 0. The van der Waals surface area contributed by atoms with Crippen molar-refractivity contribution < 1.29 is 50.1 Å². The molecule has 0 atom stereocenters. The van der Waals surface area contributed by atoms with Crippen molar-refractivity contribution in [1.29, 1.82) is 0 Å². The van der Waals surface area contributed by atoms with Gasteiger partial charge in [0, 0.05) is 0 Å². The van der Waals surface area contributed by atoms with E-state index in [9.17, 15) is 0 Å². The second kappa shape index (κ2) is 22.5. The van der Waals surface area contributed by atoms with E-state index in [1.807, 2.05) is 0 Å². The van der Waals surface area contributed by atoms with E-state index in [0.29, 0.717) is 0 Å². The molecule has 0 unspecified atom stereocenters. The summed E-state index contributed by atoms with van der Waals surface area (Å²) in [6.45, 7) is 0. The summed E-state index contributed by atoms with van der Waals surface area (Å²) >= 11 is 0. The first-order chi connectivity index (χ1) is 4.88. The molecule has 0 spiro atoms. The van der Waals surface area contributed by atoms with Crippen LogP contribution in [-0.2, 0) is 0 Å². The zero-order valence-corrected chi connectivity index (χ0v) is 7.23. The molecule has 0 bridgehead atoms. The average molecular weight is 327 g/mol. The van der Waals surface area contributed by atoms with Gasteiger partial charge in [-0.15, -0.1) is 5.34 Å². The fourth-order valence-corrected chi connectivity index (χ4v) is 0. The van der Waals surface area contributed by atoms with Gasteiger partial charge >= 0.3 is 39.9 Å². The van der Waals surface area contributed by atoms with Crippen molar-refractivity contribution in [2.24, 2.45) is 5.34 Å². The minimum absolute atomic E-state index is 0. The number of hydrogen-bond donors (Lipinski definition) is 0.